The van der Waals surface area contributed by atoms with Crippen molar-refractivity contribution in [2.75, 3.05) is 32.6 Å². The maximum atomic E-state index is 13.5. The molecule has 4 N–H and O–H groups in total. The zero-order chi connectivity index (χ0) is 40.1. The van der Waals surface area contributed by atoms with Gasteiger partial charge in [0.25, 0.3) is 0 Å². The number of rotatable bonds is 11. The quantitative estimate of drug-likeness (QED) is 0.160. The van der Waals surface area contributed by atoms with Crippen LogP contribution in [0.2, 0.25) is 0 Å². The number of nitrogens with one attached hydrogen (secondary N) is 4. The van der Waals surface area contributed by atoms with Gasteiger partial charge in [0.15, 0.2) is 0 Å². The molecule has 4 aromatic rings. The van der Waals surface area contributed by atoms with Gasteiger partial charge in [0, 0.05) is 36.6 Å². The van der Waals surface area contributed by atoms with E-state index in [-0.39, 0.29) is 35.6 Å². The first-order valence-corrected chi connectivity index (χ1v) is 18.9. The Kier molecular flexibility index (Phi) is 12.1. The summed E-state index contributed by atoms with van der Waals surface area (Å²) in [5.74, 6) is -0.398. The van der Waals surface area contributed by atoms with Crippen LogP contribution in [-0.4, -0.2) is 105 Å². The number of likely N-dealkylation sites (tertiary alicyclic amines) is 2. The van der Waals surface area contributed by atoms with Crippen molar-refractivity contribution in [2.24, 2.45) is 11.8 Å². The molecular weight excluding hydrogens is 718 g/mol. The molecule has 5 amide bonds. The van der Waals surface area contributed by atoms with Crippen LogP contribution in [0.4, 0.5) is 15.5 Å². The molecule has 4 atom stereocenters. The van der Waals surface area contributed by atoms with Crippen molar-refractivity contribution in [2.45, 2.75) is 77.5 Å². The molecule has 296 valence electrons. The SMILES string of the molecule is COC(=O)N[C@H](C(=O)N1CCC[C@H]1C(=O)Nc1ncc(-c2ccc3cc(-c4cnc([C@@H]5CCCN5C(=O)[C@@H](NC(=O)OC)C(C)C)[nH]4)ccc3c2)cn1)C(C)C. The van der Waals surface area contributed by atoms with Gasteiger partial charge in [0.1, 0.15) is 23.9 Å². The number of alkyl carbamates (subject to hydrolysis) is 2. The molecule has 0 saturated carbocycles. The number of benzene rings is 2. The molecular formula is C40H49N9O7. The Hall–Kier alpha value is -6.06. The van der Waals surface area contributed by atoms with E-state index in [0.29, 0.717) is 31.8 Å². The Morgan fingerprint density at radius 3 is 1.88 bits per heavy atom. The van der Waals surface area contributed by atoms with Crippen molar-refractivity contribution < 1.29 is 33.4 Å². The van der Waals surface area contributed by atoms with Gasteiger partial charge in [-0.05, 0) is 66.0 Å². The molecule has 0 aliphatic carbocycles. The molecule has 2 aromatic carbocycles. The number of nitrogens with zero attached hydrogens (tertiary/aromatic N) is 5. The Bertz CT molecular complexity index is 2080. The number of amides is 5. The number of carbonyl (C=O) groups excluding carboxylic acids is 5. The Balaban J connectivity index is 1.11. The predicted molar refractivity (Wildman–Crippen MR) is 208 cm³/mol. The van der Waals surface area contributed by atoms with Crippen molar-refractivity contribution in [3.8, 4) is 22.4 Å². The van der Waals surface area contributed by atoms with Crippen LogP contribution in [0, 0.1) is 11.8 Å². The molecule has 2 aliphatic heterocycles. The zero-order valence-corrected chi connectivity index (χ0v) is 32.5. The van der Waals surface area contributed by atoms with Gasteiger partial charge in [-0.3, -0.25) is 19.7 Å². The fourth-order valence-electron chi connectivity index (χ4n) is 7.35. The summed E-state index contributed by atoms with van der Waals surface area (Å²) in [5, 5.41) is 10.0. The van der Waals surface area contributed by atoms with Gasteiger partial charge in [-0.1, -0.05) is 52.0 Å². The van der Waals surface area contributed by atoms with Crippen molar-refractivity contribution in [1.29, 1.82) is 0 Å². The highest BCUT2D eigenvalue weighted by molar-refractivity contribution is 5.98. The van der Waals surface area contributed by atoms with Crippen LogP contribution >= 0.6 is 0 Å². The molecule has 16 nitrogen and oxygen atoms in total. The molecule has 0 bridgehead atoms. The van der Waals surface area contributed by atoms with Gasteiger partial charge in [-0.2, -0.15) is 0 Å². The Labute approximate surface area is 325 Å². The molecule has 2 fully saturated rings. The topological polar surface area (TPSA) is 201 Å². The summed E-state index contributed by atoms with van der Waals surface area (Å²) in [6.07, 6.45) is 6.44. The number of hydrogen-bond donors (Lipinski definition) is 4. The lowest BCUT2D eigenvalue weighted by Gasteiger charge is -2.30. The fraction of sp³-hybridized carbons (Fsp3) is 0.450. The molecule has 2 aromatic heterocycles. The Morgan fingerprint density at radius 1 is 0.714 bits per heavy atom. The van der Waals surface area contributed by atoms with Crippen molar-refractivity contribution >= 4 is 46.6 Å². The zero-order valence-electron chi connectivity index (χ0n) is 32.5. The summed E-state index contributed by atoms with van der Waals surface area (Å²) in [7, 11) is 2.51. The van der Waals surface area contributed by atoms with Crippen LogP contribution in [0.25, 0.3) is 33.2 Å². The average molecular weight is 768 g/mol. The van der Waals surface area contributed by atoms with Crippen LogP contribution in [0.15, 0.2) is 55.0 Å². The van der Waals surface area contributed by atoms with Crippen molar-refractivity contribution in [3.05, 3.63) is 60.8 Å². The first-order valence-electron chi connectivity index (χ1n) is 18.9. The third-order valence-electron chi connectivity index (χ3n) is 10.4. The number of aromatic nitrogens is 4. The van der Waals surface area contributed by atoms with E-state index in [1.165, 1.54) is 19.1 Å². The van der Waals surface area contributed by atoms with Crippen LogP contribution in [0.5, 0.6) is 0 Å². The molecule has 4 heterocycles. The van der Waals surface area contributed by atoms with Crippen LogP contribution < -0.4 is 16.0 Å². The van der Waals surface area contributed by atoms with E-state index in [9.17, 15) is 24.0 Å². The van der Waals surface area contributed by atoms with E-state index in [1.807, 2.05) is 58.0 Å². The third kappa shape index (κ3) is 8.58. The number of methoxy groups -OCH3 is 2. The Morgan fingerprint density at radius 2 is 1.27 bits per heavy atom. The van der Waals surface area contributed by atoms with E-state index in [1.54, 1.807) is 23.5 Å². The first kappa shape index (κ1) is 39.6. The van der Waals surface area contributed by atoms with Crippen LogP contribution in [0.3, 0.4) is 0 Å². The second kappa shape index (κ2) is 17.2. The fourth-order valence-corrected chi connectivity index (χ4v) is 7.35. The lowest BCUT2D eigenvalue weighted by molar-refractivity contribution is -0.139. The van der Waals surface area contributed by atoms with Crippen LogP contribution in [-0.2, 0) is 23.9 Å². The maximum Gasteiger partial charge on any atom is 0.407 e. The molecule has 16 heteroatoms. The molecule has 0 radical (unpaired) electrons. The smallest absolute Gasteiger partial charge is 0.407 e. The van der Waals surface area contributed by atoms with Crippen molar-refractivity contribution in [1.82, 2.24) is 40.4 Å². The highest BCUT2D eigenvalue weighted by Gasteiger charge is 2.40. The molecule has 2 saturated heterocycles. The monoisotopic (exact) mass is 767 g/mol. The van der Waals surface area contributed by atoms with Gasteiger partial charge in [-0.15, -0.1) is 0 Å². The van der Waals surface area contributed by atoms with Crippen LogP contribution in [0.1, 0.15) is 65.2 Å². The van der Waals surface area contributed by atoms with Gasteiger partial charge in [-0.25, -0.2) is 24.5 Å². The number of imidazole rings is 1. The maximum absolute atomic E-state index is 13.5. The molecule has 6 rings (SSSR count). The average Bonchev–Trinajstić information content (AvgIpc) is 4.00. The number of H-pyrrole nitrogens is 1. The highest BCUT2D eigenvalue weighted by atomic mass is 16.5. The standard InChI is InChI=1S/C40H49N9O7/c1-22(2)32(45-39(53)55-5)36(51)48-15-7-9-30(48)34-41-21-29(44-34)27-14-13-24-17-26(12-11-25(24)18-27)28-19-42-38(43-20-28)47-35(50)31-10-8-16-49(31)37(52)33(23(3)4)46-40(54)56-6/h11-14,17-23,30-33H,7-10,15-16H2,1-6H3,(H,41,44)(H,45,53)(H,46,54)(H,42,43,47,50)/t30-,31-,32-,33-/m0/s1. The second-order valence-corrected chi connectivity index (χ2v) is 14.8. The van der Waals surface area contributed by atoms with Gasteiger partial charge < -0.3 is 34.9 Å². The lowest BCUT2D eigenvalue weighted by Crippen LogP contribution is -2.54. The van der Waals surface area contributed by atoms with E-state index in [2.05, 4.69) is 46.7 Å². The molecule has 56 heavy (non-hydrogen) atoms. The minimum absolute atomic E-state index is 0.121. The lowest BCUT2D eigenvalue weighted by atomic mass is 10.0. The molecule has 0 spiro atoms. The minimum Gasteiger partial charge on any atom is -0.453 e. The van der Waals surface area contributed by atoms with Crippen molar-refractivity contribution in [3.63, 3.8) is 0 Å². The number of fused-ring (bicyclic) bond motifs is 1. The third-order valence-corrected chi connectivity index (χ3v) is 10.4. The van der Waals surface area contributed by atoms with E-state index in [0.717, 1.165) is 46.0 Å². The minimum atomic E-state index is -0.826. The summed E-state index contributed by atoms with van der Waals surface area (Å²) < 4.78 is 9.43. The normalized spacial score (nSPS) is 17.9. The van der Waals surface area contributed by atoms with E-state index >= 15 is 0 Å². The summed E-state index contributed by atoms with van der Waals surface area (Å²) in [5.41, 5.74) is 3.42. The van der Waals surface area contributed by atoms with Gasteiger partial charge in [0.2, 0.25) is 23.7 Å². The summed E-state index contributed by atoms with van der Waals surface area (Å²) in [4.78, 5) is 84.2. The highest BCUT2D eigenvalue weighted by Crippen LogP contribution is 2.34. The van der Waals surface area contributed by atoms with Gasteiger partial charge in [0.05, 0.1) is 32.2 Å². The number of ether oxygens (including phenoxy) is 2. The summed E-state index contributed by atoms with van der Waals surface area (Å²) in [6.45, 7) is 8.38. The van der Waals surface area contributed by atoms with E-state index < -0.39 is 36.2 Å². The molecule has 2 aliphatic rings. The summed E-state index contributed by atoms with van der Waals surface area (Å²) >= 11 is 0. The molecule has 0 unspecified atom stereocenters. The second-order valence-electron chi connectivity index (χ2n) is 14.8. The number of aromatic amines is 1. The van der Waals surface area contributed by atoms with E-state index in [4.69, 9.17) is 4.74 Å². The summed E-state index contributed by atoms with van der Waals surface area (Å²) in [6, 6.07) is 9.67. The number of carbonyl (C=O) groups is 5. The number of hydrogen-bond acceptors (Lipinski definition) is 10. The van der Waals surface area contributed by atoms with Gasteiger partial charge >= 0.3 is 12.2 Å². The number of anilines is 1. The largest absolute Gasteiger partial charge is 0.453 e. The predicted octanol–water partition coefficient (Wildman–Crippen LogP) is 5.04. The first-order chi connectivity index (χ1) is 26.9.